The van der Waals surface area contributed by atoms with Crippen LogP contribution in [0.2, 0.25) is 0 Å². The summed E-state index contributed by atoms with van der Waals surface area (Å²) >= 11 is 0. The Morgan fingerprint density at radius 3 is 2.94 bits per heavy atom. The van der Waals surface area contributed by atoms with Crippen molar-refractivity contribution < 1.29 is 19.4 Å². The van der Waals surface area contributed by atoms with Gasteiger partial charge in [-0.3, -0.25) is 9.48 Å². The second kappa shape index (κ2) is 10.1. The number of aromatic nitrogens is 4. The normalized spacial score (nSPS) is 13.7. The average Bonchev–Trinajstić information content (AvgIpc) is 3.29. The molecule has 32 heavy (non-hydrogen) atoms. The molecule has 9 nitrogen and oxygen atoms in total. The third-order valence-corrected chi connectivity index (χ3v) is 5.40. The van der Waals surface area contributed by atoms with Crippen molar-refractivity contribution >= 4 is 11.8 Å². The average molecular weight is 438 g/mol. The fourth-order valence-corrected chi connectivity index (χ4v) is 3.75. The third-order valence-electron chi connectivity index (χ3n) is 5.40. The zero-order chi connectivity index (χ0) is 22.3. The summed E-state index contributed by atoms with van der Waals surface area (Å²) in [5, 5.41) is 17.1. The van der Waals surface area contributed by atoms with Gasteiger partial charge < -0.3 is 19.9 Å². The Kier molecular flexibility index (Phi) is 6.84. The van der Waals surface area contributed by atoms with E-state index in [1.165, 1.54) is 12.7 Å². The van der Waals surface area contributed by atoms with E-state index in [4.69, 9.17) is 14.5 Å². The maximum atomic E-state index is 11.4. The summed E-state index contributed by atoms with van der Waals surface area (Å²) in [4.78, 5) is 20.3. The quantitative estimate of drug-likeness (QED) is 0.466. The van der Waals surface area contributed by atoms with Crippen molar-refractivity contribution in [3.05, 3.63) is 59.5 Å². The number of aliphatic carboxylic acids is 1. The lowest BCUT2D eigenvalue weighted by Crippen LogP contribution is -2.16. The second-order valence-corrected chi connectivity index (χ2v) is 7.67. The number of hydrogen-bond donors (Lipinski definition) is 2. The lowest BCUT2D eigenvalue weighted by atomic mass is 10.1. The highest BCUT2D eigenvalue weighted by Crippen LogP contribution is 2.24. The standard InChI is InChI=1S/C23H27N5O4/c1-31-20-9-7-17(15-25-20)19(14-22(29)30)28-12-10-21(27-28)32-13-3-5-18-8-6-16-4-2-11-24-23(16)26-18/h6-10,12,15,19H,2-5,11,13-14H2,1H3,(H,24,26)(H,29,30). The van der Waals surface area contributed by atoms with Crippen LogP contribution in [0.25, 0.3) is 0 Å². The first-order valence-corrected chi connectivity index (χ1v) is 10.7. The van der Waals surface area contributed by atoms with Crippen LogP contribution >= 0.6 is 0 Å². The van der Waals surface area contributed by atoms with Crippen LogP contribution in [-0.2, 0) is 17.6 Å². The third kappa shape index (κ3) is 5.35. The van der Waals surface area contributed by atoms with Crippen molar-refractivity contribution in [1.82, 2.24) is 19.7 Å². The summed E-state index contributed by atoms with van der Waals surface area (Å²) in [6, 6.07) is 8.99. The molecular weight excluding hydrogens is 410 g/mol. The number of pyridine rings is 2. The number of carboxylic acids is 1. The van der Waals surface area contributed by atoms with E-state index < -0.39 is 12.0 Å². The largest absolute Gasteiger partial charge is 0.481 e. The van der Waals surface area contributed by atoms with Crippen LogP contribution in [-0.4, -0.2) is 51.1 Å². The molecule has 0 aliphatic carbocycles. The summed E-state index contributed by atoms with van der Waals surface area (Å²) in [5.41, 5.74) is 3.06. The molecule has 1 atom stereocenters. The summed E-state index contributed by atoms with van der Waals surface area (Å²) in [7, 11) is 1.53. The highest BCUT2D eigenvalue weighted by molar-refractivity contribution is 5.68. The van der Waals surface area contributed by atoms with Crippen molar-refractivity contribution in [2.24, 2.45) is 0 Å². The second-order valence-electron chi connectivity index (χ2n) is 7.67. The van der Waals surface area contributed by atoms with Gasteiger partial charge in [0.15, 0.2) is 0 Å². The SMILES string of the molecule is COc1ccc(C(CC(=O)O)n2ccc(OCCCc3ccc4c(n3)NCCC4)n2)cn1. The van der Waals surface area contributed by atoms with Gasteiger partial charge in [0.25, 0.3) is 0 Å². The first-order chi connectivity index (χ1) is 15.6. The molecule has 2 N–H and O–H groups in total. The molecule has 3 aromatic rings. The molecule has 0 aromatic carbocycles. The summed E-state index contributed by atoms with van der Waals surface area (Å²) in [5.74, 6) is 1.01. The molecular formula is C23H27N5O4. The summed E-state index contributed by atoms with van der Waals surface area (Å²) in [6.45, 7) is 1.47. The summed E-state index contributed by atoms with van der Waals surface area (Å²) in [6.07, 6.45) is 7.06. The molecule has 0 bridgehead atoms. The molecule has 0 saturated heterocycles. The van der Waals surface area contributed by atoms with Gasteiger partial charge in [-0.2, -0.15) is 0 Å². The van der Waals surface area contributed by atoms with Crippen LogP contribution in [0.4, 0.5) is 5.82 Å². The molecule has 4 heterocycles. The topological polar surface area (TPSA) is 111 Å². The van der Waals surface area contributed by atoms with Gasteiger partial charge in [0.05, 0.1) is 26.2 Å². The number of aryl methyl sites for hydroxylation is 2. The van der Waals surface area contributed by atoms with Gasteiger partial charge in [0, 0.05) is 36.8 Å². The van der Waals surface area contributed by atoms with Gasteiger partial charge in [-0.1, -0.05) is 6.07 Å². The van der Waals surface area contributed by atoms with E-state index in [1.54, 1.807) is 35.3 Å². The zero-order valence-corrected chi connectivity index (χ0v) is 18.0. The number of nitrogens with zero attached hydrogens (tertiary/aromatic N) is 4. The Morgan fingerprint density at radius 2 is 2.16 bits per heavy atom. The molecule has 168 valence electrons. The number of nitrogens with one attached hydrogen (secondary N) is 1. The van der Waals surface area contributed by atoms with Crippen molar-refractivity contribution in [3.8, 4) is 11.8 Å². The van der Waals surface area contributed by atoms with Crippen LogP contribution in [0.3, 0.4) is 0 Å². The summed E-state index contributed by atoms with van der Waals surface area (Å²) < 4.78 is 12.5. The van der Waals surface area contributed by atoms with Crippen LogP contribution in [0.1, 0.15) is 42.1 Å². The predicted octanol–water partition coefficient (Wildman–Crippen LogP) is 3.12. The van der Waals surface area contributed by atoms with E-state index in [0.717, 1.165) is 49.3 Å². The molecule has 3 aromatic heterocycles. The molecule has 0 spiro atoms. The fourth-order valence-electron chi connectivity index (χ4n) is 3.75. The lowest BCUT2D eigenvalue weighted by molar-refractivity contribution is -0.137. The Morgan fingerprint density at radius 1 is 1.25 bits per heavy atom. The molecule has 1 aliphatic rings. The van der Waals surface area contributed by atoms with E-state index in [1.807, 2.05) is 0 Å². The first-order valence-electron chi connectivity index (χ1n) is 10.7. The smallest absolute Gasteiger partial charge is 0.305 e. The minimum atomic E-state index is -0.921. The maximum Gasteiger partial charge on any atom is 0.305 e. The van der Waals surface area contributed by atoms with Gasteiger partial charge in [-0.25, -0.2) is 9.97 Å². The van der Waals surface area contributed by atoms with Gasteiger partial charge in [0.2, 0.25) is 11.8 Å². The van der Waals surface area contributed by atoms with Crippen LogP contribution < -0.4 is 14.8 Å². The molecule has 9 heteroatoms. The molecule has 1 aliphatic heterocycles. The van der Waals surface area contributed by atoms with E-state index in [2.05, 4.69) is 27.5 Å². The lowest BCUT2D eigenvalue weighted by Gasteiger charge is -2.17. The first kappa shape index (κ1) is 21.6. The number of carboxylic acid groups (broad SMARTS) is 1. The zero-order valence-electron chi connectivity index (χ0n) is 18.0. The van der Waals surface area contributed by atoms with Crippen LogP contribution in [0.5, 0.6) is 11.8 Å². The van der Waals surface area contributed by atoms with Crippen molar-refractivity contribution in [3.63, 3.8) is 0 Å². The maximum absolute atomic E-state index is 11.4. The van der Waals surface area contributed by atoms with E-state index >= 15 is 0 Å². The number of methoxy groups -OCH3 is 1. The van der Waals surface area contributed by atoms with Crippen molar-refractivity contribution in [1.29, 1.82) is 0 Å². The van der Waals surface area contributed by atoms with Gasteiger partial charge in [-0.05, 0) is 48.9 Å². The number of rotatable bonds is 10. The predicted molar refractivity (Wildman–Crippen MR) is 118 cm³/mol. The Bertz CT molecular complexity index is 1050. The van der Waals surface area contributed by atoms with Gasteiger partial charge in [0.1, 0.15) is 5.82 Å². The number of hydrogen-bond acceptors (Lipinski definition) is 7. The Balaban J connectivity index is 1.34. The fraction of sp³-hybridized carbons (Fsp3) is 0.391. The molecule has 0 radical (unpaired) electrons. The molecule has 0 saturated carbocycles. The highest BCUT2D eigenvalue weighted by Gasteiger charge is 2.20. The van der Waals surface area contributed by atoms with E-state index in [0.29, 0.717) is 18.4 Å². The Labute approximate surface area is 186 Å². The highest BCUT2D eigenvalue weighted by atomic mass is 16.5. The molecule has 0 amide bonds. The van der Waals surface area contributed by atoms with Gasteiger partial charge in [-0.15, -0.1) is 5.10 Å². The molecule has 0 fully saturated rings. The molecule has 1 unspecified atom stereocenters. The minimum Gasteiger partial charge on any atom is -0.481 e. The monoisotopic (exact) mass is 437 g/mol. The number of ether oxygens (including phenoxy) is 2. The van der Waals surface area contributed by atoms with E-state index in [9.17, 15) is 9.90 Å². The number of carbonyl (C=O) groups is 1. The van der Waals surface area contributed by atoms with Crippen molar-refractivity contribution in [2.75, 3.05) is 25.6 Å². The molecule has 4 rings (SSSR count). The van der Waals surface area contributed by atoms with Crippen LogP contribution in [0, 0.1) is 0 Å². The minimum absolute atomic E-state index is 0.118. The van der Waals surface area contributed by atoms with Crippen LogP contribution in [0.15, 0.2) is 42.7 Å². The number of anilines is 1. The Hall–Kier alpha value is -3.62. The van der Waals surface area contributed by atoms with Crippen molar-refractivity contribution in [2.45, 2.75) is 38.1 Å². The van der Waals surface area contributed by atoms with E-state index in [-0.39, 0.29) is 6.42 Å². The van der Waals surface area contributed by atoms with Gasteiger partial charge >= 0.3 is 5.97 Å². The number of fused-ring (bicyclic) bond motifs is 1.